The summed E-state index contributed by atoms with van der Waals surface area (Å²) < 4.78 is 28.6. The molecule has 1 saturated heterocycles. The number of methoxy groups -OCH3 is 1. The third-order valence-corrected chi connectivity index (χ3v) is 5.56. The quantitative estimate of drug-likeness (QED) is 0.483. The molecule has 1 aliphatic rings. The largest absolute Gasteiger partial charge is 0.497 e. The second-order valence-corrected chi connectivity index (χ2v) is 7.92. The predicted octanol–water partition coefficient (Wildman–Crippen LogP) is 3.74. The molecule has 0 saturated carbocycles. The Bertz CT molecular complexity index is 1020. The van der Waals surface area contributed by atoms with Crippen LogP contribution in [0.15, 0.2) is 84.9 Å². The lowest BCUT2D eigenvalue weighted by atomic mass is 10.0. The Morgan fingerprint density at radius 2 is 1.44 bits per heavy atom. The number of aliphatic hydroxyl groups excluding tert-OH is 1. The molecule has 0 spiro atoms. The summed E-state index contributed by atoms with van der Waals surface area (Å²) in [5, 5.41) is 10.6. The number of carbonyl (C=O) groups excluding carboxylic acids is 1. The number of aliphatic hydroxyl groups is 1. The summed E-state index contributed by atoms with van der Waals surface area (Å²) in [6.45, 7) is 0.694. The van der Waals surface area contributed by atoms with Crippen molar-refractivity contribution in [2.24, 2.45) is 0 Å². The molecule has 0 aromatic heterocycles. The van der Waals surface area contributed by atoms with Gasteiger partial charge in [-0.1, -0.05) is 60.7 Å². The fraction of sp³-hybridized carbons (Fsp3) is 0.296. The van der Waals surface area contributed by atoms with Crippen LogP contribution < -0.4 is 4.74 Å². The average molecular weight is 465 g/mol. The topological polar surface area (TPSA) is 83.5 Å². The summed E-state index contributed by atoms with van der Waals surface area (Å²) in [6, 6.07) is 25.9. The van der Waals surface area contributed by atoms with Gasteiger partial charge in [0.25, 0.3) is 0 Å². The zero-order valence-electron chi connectivity index (χ0n) is 18.9. The zero-order valence-corrected chi connectivity index (χ0v) is 18.9. The average Bonchev–Trinajstić information content (AvgIpc) is 2.89. The molecule has 4 rings (SSSR count). The molecule has 7 heteroatoms. The Morgan fingerprint density at radius 1 is 0.853 bits per heavy atom. The van der Waals surface area contributed by atoms with Crippen molar-refractivity contribution in [3.63, 3.8) is 0 Å². The van der Waals surface area contributed by atoms with Gasteiger partial charge in [0, 0.05) is 0 Å². The van der Waals surface area contributed by atoms with Crippen molar-refractivity contribution in [2.75, 3.05) is 13.7 Å². The van der Waals surface area contributed by atoms with Gasteiger partial charge >= 0.3 is 5.97 Å². The van der Waals surface area contributed by atoms with Crippen LogP contribution in [0.1, 0.15) is 21.5 Å². The number of hydrogen-bond acceptors (Lipinski definition) is 7. The Balaban J connectivity index is 1.50. The summed E-state index contributed by atoms with van der Waals surface area (Å²) in [5.41, 5.74) is 2.26. The lowest BCUT2D eigenvalue weighted by Crippen LogP contribution is -2.56. The van der Waals surface area contributed by atoms with Crippen LogP contribution in [0.5, 0.6) is 5.75 Å². The molecule has 7 nitrogen and oxygen atoms in total. The molecule has 4 atom stereocenters. The molecule has 0 radical (unpaired) electrons. The molecule has 0 amide bonds. The van der Waals surface area contributed by atoms with Crippen molar-refractivity contribution in [3.05, 3.63) is 102 Å². The van der Waals surface area contributed by atoms with Gasteiger partial charge in [0.05, 0.1) is 32.5 Å². The number of esters is 1. The van der Waals surface area contributed by atoms with Gasteiger partial charge in [-0.3, -0.25) is 0 Å². The number of hydrogen-bond donors (Lipinski definition) is 1. The Hall–Kier alpha value is -3.23. The lowest BCUT2D eigenvalue weighted by molar-refractivity contribution is -0.272. The second-order valence-electron chi connectivity index (χ2n) is 7.92. The minimum atomic E-state index is -1.35. The number of ether oxygens (including phenoxy) is 5. The summed E-state index contributed by atoms with van der Waals surface area (Å²) in [6.07, 6.45) is -3.72. The van der Waals surface area contributed by atoms with Gasteiger partial charge in [-0.25, -0.2) is 4.79 Å². The van der Waals surface area contributed by atoms with E-state index in [1.165, 1.54) is 0 Å². The van der Waals surface area contributed by atoms with Gasteiger partial charge in [-0.05, 0) is 35.4 Å². The van der Waals surface area contributed by atoms with Crippen molar-refractivity contribution in [1.82, 2.24) is 0 Å². The first-order chi connectivity index (χ1) is 16.6. The summed E-state index contributed by atoms with van der Waals surface area (Å²) in [5.74, 6) is 0.0170. The first-order valence-corrected chi connectivity index (χ1v) is 11.1. The molecule has 1 aliphatic heterocycles. The molecule has 0 bridgehead atoms. The van der Waals surface area contributed by atoms with Crippen molar-refractivity contribution >= 4 is 5.97 Å². The molecule has 1 heterocycles. The lowest BCUT2D eigenvalue weighted by Gasteiger charge is -2.39. The third kappa shape index (κ3) is 6.21. The molecule has 3 aromatic carbocycles. The van der Waals surface area contributed by atoms with E-state index < -0.39 is 30.6 Å². The Morgan fingerprint density at radius 3 is 2.03 bits per heavy atom. The number of carbonyl (C=O) groups is 1. The van der Waals surface area contributed by atoms with E-state index in [9.17, 15) is 9.90 Å². The van der Waals surface area contributed by atoms with E-state index in [0.29, 0.717) is 17.9 Å². The fourth-order valence-electron chi connectivity index (χ4n) is 3.69. The molecule has 0 aliphatic carbocycles. The maximum absolute atomic E-state index is 12.8. The van der Waals surface area contributed by atoms with Gasteiger partial charge in [0.15, 0.2) is 12.4 Å². The summed E-state index contributed by atoms with van der Waals surface area (Å²) in [7, 11) is 1.55. The number of rotatable bonds is 9. The highest BCUT2D eigenvalue weighted by atomic mass is 16.7. The second kappa shape index (κ2) is 11.8. The van der Waals surface area contributed by atoms with Gasteiger partial charge in [0.1, 0.15) is 18.0 Å². The van der Waals surface area contributed by atoms with Crippen LogP contribution in [-0.4, -0.2) is 49.4 Å². The molecular weight excluding hydrogens is 436 g/mol. The normalized spacial score (nSPS) is 22.2. The van der Waals surface area contributed by atoms with Crippen LogP contribution in [0, 0.1) is 0 Å². The monoisotopic (exact) mass is 464 g/mol. The van der Waals surface area contributed by atoms with Crippen LogP contribution in [0.3, 0.4) is 0 Å². The van der Waals surface area contributed by atoms with E-state index in [-0.39, 0.29) is 13.2 Å². The van der Waals surface area contributed by atoms with Gasteiger partial charge < -0.3 is 28.8 Å². The molecule has 1 unspecified atom stereocenters. The van der Waals surface area contributed by atoms with E-state index in [1.54, 1.807) is 31.4 Å². The summed E-state index contributed by atoms with van der Waals surface area (Å²) >= 11 is 0. The van der Waals surface area contributed by atoms with Crippen LogP contribution in [0.4, 0.5) is 0 Å². The van der Waals surface area contributed by atoms with Crippen molar-refractivity contribution in [2.45, 2.75) is 37.8 Å². The van der Waals surface area contributed by atoms with Crippen LogP contribution in [0.25, 0.3) is 0 Å². The van der Waals surface area contributed by atoms with Gasteiger partial charge in [-0.2, -0.15) is 0 Å². The summed E-state index contributed by atoms with van der Waals surface area (Å²) in [4.78, 5) is 12.8. The van der Waals surface area contributed by atoms with Crippen molar-refractivity contribution < 1.29 is 33.6 Å². The maximum Gasteiger partial charge on any atom is 0.338 e. The van der Waals surface area contributed by atoms with Crippen LogP contribution >= 0.6 is 0 Å². The SMILES string of the molecule is COc1ccc(C(=O)O[C@H]2C(O)OC[C@H](OCc3ccccc3)[C@@H]2OCc2ccccc2)cc1. The Kier molecular flexibility index (Phi) is 8.27. The van der Waals surface area contributed by atoms with Crippen molar-refractivity contribution in [1.29, 1.82) is 0 Å². The van der Waals surface area contributed by atoms with Crippen LogP contribution in [-0.2, 0) is 32.2 Å². The van der Waals surface area contributed by atoms with Gasteiger partial charge in [0.2, 0.25) is 0 Å². The number of benzene rings is 3. The third-order valence-electron chi connectivity index (χ3n) is 5.56. The van der Waals surface area contributed by atoms with Crippen molar-refractivity contribution in [3.8, 4) is 5.75 Å². The maximum atomic E-state index is 12.8. The first kappa shape index (κ1) is 23.9. The fourth-order valence-corrected chi connectivity index (χ4v) is 3.69. The van der Waals surface area contributed by atoms with E-state index in [4.69, 9.17) is 23.7 Å². The highest BCUT2D eigenvalue weighted by Crippen LogP contribution is 2.26. The zero-order chi connectivity index (χ0) is 23.8. The van der Waals surface area contributed by atoms with Crippen LogP contribution in [0.2, 0.25) is 0 Å². The van der Waals surface area contributed by atoms with E-state index >= 15 is 0 Å². The molecule has 178 valence electrons. The van der Waals surface area contributed by atoms with Gasteiger partial charge in [-0.15, -0.1) is 0 Å². The van der Waals surface area contributed by atoms with E-state index in [0.717, 1.165) is 11.1 Å². The molecule has 1 N–H and O–H groups in total. The van der Waals surface area contributed by atoms with E-state index in [2.05, 4.69) is 0 Å². The standard InChI is InChI=1S/C27H28O7/c1-30-22-14-12-21(13-15-22)26(28)34-25-24(32-17-20-10-6-3-7-11-20)23(18-33-27(25)29)31-16-19-8-4-2-5-9-19/h2-15,23-25,27,29H,16-18H2,1H3/t23-,24-,25+,27?/m0/s1. The smallest absolute Gasteiger partial charge is 0.338 e. The van der Waals surface area contributed by atoms with E-state index in [1.807, 2.05) is 60.7 Å². The predicted molar refractivity (Wildman–Crippen MR) is 124 cm³/mol. The minimum absolute atomic E-state index is 0.101. The molecule has 3 aromatic rings. The minimum Gasteiger partial charge on any atom is -0.497 e. The first-order valence-electron chi connectivity index (χ1n) is 11.1. The highest BCUT2D eigenvalue weighted by Gasteiger charge is 2.44. The molecular formula is C27H28O7. The Labute approximate surface area is 198 Å². The molecule has 1 fully saturated rings. The molecule has 34 heavy (non-hydrogen) atoms. The highest BCUT2D eigenvalue weighted by molar-refractivity contribution is 5.89.